The molecule has 0 saturated carbocycles. The summed E-state index contributed by atoms with van der Waals surface area (Å²) in [4.78, 5) is 29.4. The van der Waals surface area contributed by atoms with Crippen LogP contribution < -0.4 is 16.0 Å². The van der Waals surface area contributed by atoms with Crippen LogP contribution in [0.1, 0.15) is 25.5 Å². The Morgan fingerprint density at radius 1 is 0.912 bits per heavy atom. The molecule has 1 heterocycles. The Morgan fingerprint density at radius 3 is 2.26 bits per heavy atom. The zero-order chi connectivity index (χ0) is 23.9. The molecule has 8 heteroatoms. The van der Waals surface area contributed by atoms with Gasteiger partial charge in [0.15, 0.2) is 5.16 Å². The molecule has 34 heavy (non-hydrogen) atoms. The summed E-state index contributed by atoms with van der Waals surface area (Å²) < 4.78 is 2.12. The van der Waals surface area contributed by atoms with Gasteiger partial charge in [-0.05, 0) is 55.8 Å². The fraction of sp³-hybridized carbons (Fsp3) is 0.192. The van der Waals surface area contributed by atoms with Crippen LogP contribution in [0.15, 0.2) is 84.0 Å². The number of carbonyl (C=O) groups is 2. The first-order valence-electron chi connectivity index (χ1n) is 11.1. The standard InChI is InChI=1S/C26H27N5O2S/c1-3-31-23-12-8-7-11-22(23)30-26(31)34-17-24(32)27-18(2)19-13-15-21(16-14-19)29-25(33)28-20-9-5-4-6-10-20/h4-16,18H,3,17H2,1-2H3,(H,27,32)(H2,28,29,33). The molecule has 0 bridgehead atoms. The third-order valence-corrected chi connectivity index (χ3v) is 6.32. The Kier molecular flexibility index (Phi) is 7.49. The van der Waals surface area contributed by atoms with Crippen molar-refractivity contribution >= 4 is 46.1 Å². The molecule has 4 aromatic rings. The highest BCUT2D eigenvalue weighted by Crippen LogP contribution is 2.24. The van der Waals surface area contributed by atoms with Gasteiger partial charge in [0.25, 0.3) is 0 Å². The van der Waals surface area contributed by atoms with Crippen molar-refractivity contribution in [3.63, 3.8) is 0 Å². The van der Waals surface area contributed by atoms with Crippen LogP contribution in [-0.4, -0.2) is 27.2 Å². The lowest BCUT2D eigenvalue weighted by molar-refractivity contribution is -0.119. The quantitative estimate of drug-likeness (QED) is 0.288. The number of nitrogens with one attached hydrogen (secondary N) is 3. The van der Waals surface area contributed by atoms with E-state index < -0.39 is 0 Å². The van der Waals surface area contributed by atoms with Crippen molar-refractivity contribution in [2.75, 3.05) is 16.4 Å². The number of amides is 3. The maximum Gasteiger partial charge on any atom is 0.323 e. The van der Waals surface area contributed by atoms with Gasteiger partial charge < -0.3 is 20.5 Å². The van der Waals surface area contributed by atoms with Crippen LogP contribution in [0.4, 0.5) is 16.2 Å². The third kappa shape index (κ3) is 5.77. The summed E-state index contributed by atoms with van der Waals surface area (Å²) >= 11 is 1.44. The number of carbonyl (C=O) groups excluding carboxylic acids is 2. The van der Waals surface area contributed by atoms with Gasteiger partial charge in [-0.3, -0.25) is 4.79 Å². The molecule has 0 spiro atoms. The highest BCUT2D eigenvalue weighted by Gasteiger charge is 2.14. The maximum atomic E-state index is 12.6. The molecule has 1 aromatic heterocycles. The fourth-order valence-electron chi connectivity index (χ4n) is 3.64. The van der Waals surface area contributed by atoms with Crippen molar-refractivity contribution in [2.45, 2.75) is 31.6 Å². The minimum Gasteiger partial charge on any atom is -0.349 e. The number of rotatable bonds is 8. The number of thioether (sulfide) groups is 1. The summed E-state index contributed by atoms with van der Waals surface area (Å²) in [6, 6.07) is 24.2. The number of anilines is 2. The van der Waals surface area contributed by atoms with E-state index in [0.29, 0.717) is 5.69 Å². The summed E-state index contributed by atoms with van der Waals surface area (Å²) in [5.41, 5.74) is 4.36. The minimum atomic E-state index is -0.310. The van der Waals surface area contributed by atoms with Gasteiger partial charge in [0, 0.05) is 17.9 Å². The predicted molar refractivity (Wildman–Crippen MR) is 138 cm³/mol. The largest absolute Gasteiger partial charge is 0.349 e. The summed E-state index contributed by atoms with van der Waals surface area (Å²) in [7, 11) is 0. The van der Waals surface area contributed by atoms with Crippen LogP contribution in [0.25, 0.3) is 11.0 Å². The number of hydrogen-bond donors (Lipinski definition) is 3. The van der Waals surface area contributed by atoms with Crippen molar-refractivity contribution in [3.8, 4) is 0 Å². The summed E-state index contributed by atoms with van der Waals surface area (Å²) in [6.07, 6.45) is 0. The molecule has 0 aliphatic heterocycles. The van der Waals surface area contributed by atoms with Crippen molar-refractivity contribution in [3.05, 3.63) is 84.4 Å². The lowest BCUT2D eigenvalue weighted by atomic mass is 10.1. The topological polar surface area (TPSA) is 88.0 Å². The number of urea groups is 1. The van der Waals surface area contributed by atoms with Crippen LogP contribution in [0.3, 0.4) is 0 Å². The predicted octanol–water partition coefficient (Wildman–Crippen LogP) is 5.67. The second-order valence-corrected chi connectivity index (χ2v) is 8.71. The van der Waals surface area contributed by atoms with Crippen LogP contribution in [0.2, 0.25) is 0 Å². The Balaban J connectivity index is 1.29. The third-order valence-electron chi connectivity index (χ3n) is 5.35. The van der Waals surface area contributed by atoms with Gasteiger partial charge in [-0.1, -0.05) is 54.2 Å². The Labute approximate surface area is 203 Å². The molecule has 7 nitrogen and oxygen atoms in total. The van der Waals surface area contributed by atoms with Gasteiger partial charge in [0.2, 0.25) is 5.91 Å². The molecule has 3 amide bonds. The molecule has 4 rings (SSSR count). The van der Waals surface area contributed by atoms with E-state index in [-0.39, 0.29) is 23.7 Å². The van der Waals surface area contributed by atoms with Gasteiger partial charge in [-0.2, -0.15) is 0 Å². The zero-order valence-corrected chi connectivity index (χ0v) is 19.9. The molecule has 0 aliphatic carbocycles. The van der Waals surface area contributed by atoms with E-state index in [4.69, 9.17) is 0 Å². The lowest BCUT2D eigenvalue weighted by Crippen LogP contribution is -2.28. The smallest absolute Gasteiger partial charge is 0.323 e. The number of hydrogen-bond acceptors (Lipinski definition) is 4. The van der Waals surface area contributed by atoms with E-state index in [1.165, 1.54) is 11.8 Å². The van der Waals surface area contributed by atoms with Crippen LogP contribution in [0.5, 0.6) is 0 Å². The van der Waals surface area contributed by atoms with Gasteiger partial charge >= 0.3 is 6.03 Å². The number of aromatic nitrogens is 2. The molecule has 1 atom stereocenters. The van der Waals surface area contributed by atoms with Gasteiger partial charge in [-0.25, -0.2) is 9.78 Å². The van der Waals surface area contributed by atoms with E-state index in [1.807, 2.05) is 85.8 Å². The number of aryl methyl sites for hydroxylation is 1. The Morgan fingerprint density at radius 2 is 1.56 bits per heavy atom. The van der Waals surface area contributed by atoms with Crippen LogP contribution in [0, 0.1) is 0 Å². The van der Waals surface area contributed by atoms with E-state index in [1.54, 1.807) is 0 Å². The molecular weight excluding hydrogens is 446 g/mol. The lowest BCUT2D eigenvalue weighted by Gasteiger charge is -2.15. The highest BCUT2D eigenvalue weighted by molar-refractivity contribution is 7.99. The summed E-state index contributed by atoms with van der Waals surface area (Å²) in [6.45, 7) is 4.81. The second-order valence-electron chi connectivity index (χ2n) is 7.77. The number of fused-ring (bicyclic) bond motifs is 1. The summed E-state index contributed by atoms with van der Waals surface area (Å²) in [5.74, 6) is 0.226. The maximum absolute atomic E-state index is 12.6. The monoisotopic (exact) mass is 473 g/mol. The molecule has 0 radical (unpaired) electrons. The van der Waals surface area contributed by atoms with Gasteiger partial charge in [0.1, 0.15) is 0 Å². The minimum absolute atomic E-state index is 0.0587. The molecule has 1 unspecified atom stereocenters. The number of para-hydroxylation sites is 3. The molecule has 0 fully saturated rings. The van der Waals surface area contributed by atoms with Crippen molar-refractivity contribution in [2.24, 2.45) is 0 Å². The summed E-state index contributed by atoms with van der Waals surface area (Å²) in [5, 5.41) is 9.47. The average molecular weight is 474 g/mol. The van der Waals surface area contributed by atoms with Gasteiger partial charge in [0.05, 0.1) is 22.8 Å². The molecule has 174 valence electrons. The molecule has 3 N–H and O–H groups in total. The SMILES string of the molecule is CCn1c(SCC(=O)NC(C)c2ccc(NC(=O)Nc3ccccc3)cc2)nc2ccccc21. The highest BCUT2D eigenvalue weighted by atomic mass is 32.2. The van der Waals surface area contributed by atoms with Crippen molar-refractivity contribution in [1.82, 2.24) is 14.9 Å². The molecule has 3 aromatic carbocycles. The van der Waals surface area contributed by atoms with E-state index in [0.717, 1.165) is 34.0 Å². The molecular formula is C26H27N5O2S. The number of nitrogens with zero attached hydrogens (tertiary/aromatic N) is 2. The molecule has 0 aliphatic rings. The molecule has 0 saturated heterocycles. The van der Waals surface area contributed by atoms with E-state index in [2.05, 4.69) is 32.4 Å². The normalized spacial score (nSPS) is 11.7. The first-order chi connectivity index (χ1) is 16.5. The number of benzene rings is 3. The van der Waals surface area contributed by atoms with Crippen molar-refractivity contribution in [1.29, 1.82) is 0 Å². The Hall–Kier alpha value is -3.78. The van der Waals surface area contributed by atoms with Crippen LogP contribution in [-0.2, 0) is 11.3 Å². The number of imidazole rings is 1. The first kappa shape index (κ1) is 23.4. The van der Waals surface area contributed by atoms with E-state index in [9.17, 15) is 9.59 Å². The Bertz CT molecular complexity index is 1270. The zero-order valence-electron chi connectivity index (χ0n) is 19.1. The average Bonchev–Trinajstić information content (AvgIpc) is 3.21. The van der Waals surface area contributed by atoms with E-state index >= 15 is 0 Å². The fourth-order valence-corrected chi connectivity index (χ4v) is 4.53. The van der Waals surface area contributed by atoms with Gasteiger partial charge in [-0.15, -0.1) is 0 Å². The van der Waals surface area contributed by atoms with Crippen molar-refractivity contribution < 1.29 is 9.59 Å². The second kappa shape index (κ2) is 10.9. The first-order valence-corrected chi connectivity index (χ1v) is 12.1. The van der Waals surface area contributed by atoms with Crippen LogP contribution >= 0.6 is 11.8 Å².